The lowest BCUT2D eigenvalue weighted by atomic mass is 10.1. The molecular weight excluding hydrogens is 246 g/mol. The number of aromatic nitrogens is 2. The summed E-state index contributed by atoms with van der Waals surface area (Å²) in [5, 5.41) is 3.45. The van der Waals surface area contributed by atoms with Crippen LogP contribution >= 0.6 is 0 Å². The molecule has 0 unspecified atom stereocenters. The summed E-state index contributed by atoms with van der Waals surface area (Å²) >= 11 is 0. The second-order valence-electron chi connectivity index (χ2n) is 5.22. The molecule has 0 amide bonds. The second kappa shape index (κ2) is 7.85. The number of hydrogen-bond acceptors (Lipinski definition) is 2. The van der Waals surface area contributed by atoms with Gasteiger partial charge in [-0.15, -0.1) is 0 Å². The molecule has 0 radical (unpaired) electrons. The molecule has 0 aliphatic carbocycles. The first-order valence-corrected chi connectivity index (χ1v) is 7.62. The van der Waals surface area contributed by atoms with Crippen molar-refractivity contribution in [3.63, 3.8) is 0 Å². The lowest BCUT2D eigenvalue weighted by Gasteiger charge is -2.09. The first-order chi connectivity index (χ1) is 9.83. The summed E-state index contributed by atoms with van der Waals surface area (Å²) in [6, 6.07) is 8.82. The molecule has 0 atom stereocenters. The Morgan fingerprint density at radius 3 is 2.80 bits per heavy atom. The summed E-state index contributed by atoms with van der Waals surface area (Å²) in [6.45, 7) is 7.33. The average molecular weight is 271 g/mol. The fraction of sp³-hybridized carbons (Fsp3) is 0.471. The van der Waals surface area contributed by atoms with E-state index in [2.05, 4.69) is 59.2 Å². The van der Waals surface area contributed by atoms with Gasteiger partial charge in [-0.2, -0.15) is 0 Å². The van der Waals surface area contributed by atoms with Crippen molar-refractivity contribution in [3.05, 3.63) is 53.6 Å². The van der Waals surface area contributed by atoms with Crippen molar-refractivity contribution < 1.29 is 0 Å². The maximum Gasteiger partial charge on any atom is 0.108 e. The molecule has 0 aliphatic heterocycles. The molecule has 3 nitrogen and oxygen atoms in total. The Morgan fingerprint density at radius 2 is 2.00 bits per heavy atom. The van der Waals surface area contributed by atoms with Gasteiger partial charge in [0.15, 0.2) is 0 Å². The van der Waals surface area contributed by atoms with Gasteiger partial charge >= 0.3 is 0 Å². The molecule has 20 heavy (non-hydrogen) atoms. The van der Waals surface area contributed by atoms with Crippen LogP contribution in [0.15, 0.2) is 36.7 Å². The van der Waals surface area contributed by atoms with E-state index in [9.17, 15) is 0 Å². The van der Waals surface area contributed by atoms with Crippen LogP contribution in [-0.2, 0) is 19.5 Å². The molecule has 3 heteroatoms. The van der Waals surface area contributed by atoms with Crippen LogP contribution in [-0.4, -0.2) is 16.1 Å². The van der Waals surface area contributed by atoms with Crippen LogP contribution in [0.2, 0.25) is 0 Å². The second-order valence-corrected chi connectivity index (χ2v) is 5.22. The van der Waals surface area contributed by atoms with Crippen molar-refractivity contribution in [2.24, 2.45) is 0 Å². The van der Waals surface area contributed by atoms with E-state index in [-0.39, 0.29) is 0 Å². The number of aryl methyl sites for hydroxylation is 1. The van der Waals surface area contributed by atoms with Gasteiger partial charge < -0.3 is 9.88 Å². The molecule has 2 rings (SSSR count). The van der Waals surface area contributed by atoms with Gasteiger partial charge in [-0.25, -0.2) is 4.98 Å². The number of benzene rings is 1. The van der Waals surface area contributed by atoms with Gasteiger partial charge in [-0.3, -0.25) is 0 Å². The average Bonchev–Trinajstić information content (AvgIpc) is 2.87. The van der Waals surface area contributed by atoms with Crippen molar-refractivity contribution in [1.82, 2.24) is 14.9 Å². The van der Waals surface area contributed by atoms with Crippen LogP contribution in [0, 0.1) is 0 Å². The third kappa shape index (κ3) is 4.20. The molecule has 0 saturated heterocycles. The van der Waals surface area contributed by atoms with Crippen LogP contribution in [0.1, 0.15) is 43.6 Å². The predicted octanol–water partition coefficient (Wildman–Crippen LogP) is 3.38. The largest absolute Gasteiger partial charge is 0.331 e. The number of rotatable bonds is 8. The zero-order chi connectivity index (χ0) is 14.2. The zero-order valence-corrected chi connectivity index (χ0v) is 12.6. The number of hydrogen-bond donors (Lipinski definition) is 1. The lowest BCUT2D eigenvalue weighted by molar-refractivity contribution is 0.672. The minimum Gasteiger partial charge on any atom is -0.331 e. The highest BCUT2D eigenvalue weighted by Crippen LogP contribution is 2.10. The van der Waals surface area contributed by atoms with Gasteiger partial charge in [-0.1, -0.05) is 38.1 Å². The van der Waals surface area contributed by atoms with E-state index < -0.39 is 0 Å². The highest BCUT2D eigenvalue weighted by atomic mass is 15.1. The van der Waals surface area contributed by atoms with Crippen LogP contribution in [0.4, 0.5) is 0 Å². The van der Waals surface area contributed by atoms with E-state index in [4.69, 9.17) is 0 Å². The van der Waals surface area contributed by atoms with Crippen molar-refractivity contribution in [1.29, 1.82) is 0 Å². The van der Waals surface area contributed by atoms with Crippen LogP contribution < -0.4 is 5.32 Å². The first kappa shape index (κ1) is 14.8. The van der Waals surface area contributed by atoms with Gasteiger partial charge in [0.2, 0.25) is 0 Å². The van der Waals surface area contributed by atoms with Crippen molar-refractivity contribution in [2.75, 3.05) is 6.54 Å². The molecule has 1 aromatic carbocycles. The van der Waals surface area contributed by atoms with E-state index in [0.717, 1.165) is 32.5 Å². The molecule has 1 N–H and O–H groups in total. The van der Waals surface area contributed by atoms with Gasteiger partial charge in [0.25, 0.3) is 0 Å². The molecule has 0 fully saturated rings. The van der Waals surface area contributed by atoms with E-state index in [0.29, 0.717) is 0 Å². The van der Waals surface area contributed by atoms with Gasteiger partial charge in [0, 0.05) is 31.9 Å². The van der Waals surface area contributed by atoms with E-state index in [1.807, 2.05) is 6.20 Å². The molecule has 1 heterocycles. The SMILES string of the molecule is CCCNCc1cccc(Cn2ccnc2CCC)c1. The molecule has 0 bridgehead atoms. The minimum atomic E-state index is 0.914. The summed E-state index contributed by atoms with van der Waals surface area (Å²) in [5.41, 5.74) is 2.70. The first-order valence-electron chi connectivity index (χ1n) is 7.62. The summed E-state index contributed by atoms with van der Waals surface area (Å²) in [5.74, 6) is 1.18. The van der Waals surface area contributed by atoms with Crippen LogP contribution in [0.3, 0.4) is 0 Å². The molecule has 108 valence electrons. The summed E-state index contributed by atoms with van der Waals surface area (Å²) in [4.78, 5) is 4.44. The van der Waals surface area contributed by atoms with Gasteiger partial charge in [0.05, 0.1) is 0 Å². The molecular formula is C17H25N3. The van der Waals surface area contributed by atoms with Crippen molar-refractivity contribution in [3.8, 4) is 0 Å². The quantitative estimate of drug-likeness (QED) is 0.746. The van der Waals surface area contributed by atoms with Crippen molar-refractivity contribution in [2.45, 2.75) is 46.2 Å². The smallest absolute Gasteiger partial charge is 0.108 e. The maximum absolute atomic E-state index is 4.44. The number of nitrogens with zero attached hydrogens (tertiary/aromatic N) is 2. The third-order valence-electron chi connectivity index (χ3n) is 3.38. The topological polar surface area (TPSA) is 29.9 Å². The highest BCUT2D eigenvalue weighted by Gasteiger charge is 2.03. The Balaban J connectivity index is 2.01. The van der Waals surface area contributed by atoms with Crippen molar-refractivity contribution >= 4 is 0 Å². The normalized spacial score (nSPS) is 10.9. The monoisotopic (exact) mass is 271 g/mol. The Labute approximate surface area is 122 Å². The fourth-order valence-electron chi connectivity index (χ4n) is 2.38. The van der Waals surface area contributed by atoms with E-state index >= 15 is 0 Å². The Bertz CT molecular complexity index is 516. The summed E-state index contributed by atoms with van der Waals surface area (Å²) < 4.78 is 2.25. The zero-order valence-electron chi connectivity index (χ0n) is 12.6. The molecule has 0 spiro atoms. The lowest BCUT2D eigenvalue weighted by Crippen LogP contribution is -2.14. The third-order valence-corrected chi connectivity index (χ3v) is 3.38. The van der Waals surface area contributed by atoms with E-state index in [1.165, 1.54) is 23.4 Å². The van der Waals surface area contributed by atoms with Gasteiger partial charge in [0.1, 0.15) is 5.82 Å². The van der Waals surface area contributed by atoms with Crippen LogP contribution in [0.25, 0.3) is 0 Å². The summed E-state index contributed by atoms with van der Waals surface area (Å²) in [6.07, 6.45) is 7.34. The van der Waals surface area contributed by atoms with Crippen LogP contribution in [0.5, 0.6) is 0 Å². The van der Waals surface area contributed by atoms with E-state index in [1.54, 1.807) is 0 Å². The molecule has 0 saturated carbocycles. The number of imidazole rings is 1. The molecule has 2 aromatic rings. The molecule has 1 aromatic heterocycles. The minimum absolute atomic E-state index is 0.914. The highest BCUT2D eigenvalue weighted by molar-refractivity contribution is 5.24. The Kier molecular flexibility index (Phi) is 5.81. The molecule has 0 aliphatic rings. The maximum atomic E-state index is 4.44. The standard InChI is InChI=1S/C17H25N3/c1-3-6-17-19-10-11-20(17)14-16-8-5-7-15(12-16)13-18-9-4-2/h5,7-8,10-12,18H,3-4,6,9,13-14H2,1-2H3. The van der Waals surface area contributed by atoms with Gasteiger partial charge in [-0.05, 0) is 30.5 Å². The Hall–Kier alpha value is -1.61. The number of nitrogens with one attached hydrogen (secondary N) is 1. The summed E-state index contributed by atoms with van der Waals surface area (Å²) in [7, 11) is 0. The Morgan fingerprint density at radius 1 is 1.15 bits per heavy atom. The predicted molar refractivity (Wildman–Crippen MR) is 83.8 cm³/mol. The fourth-order valence-corrected chi connectivity index (χ4v) is 2.38.